The predicted molar refractivity (Wildman–Crippen MR) is 77.6 cm³/mol. The minimum absolute atomic E-state index is 0.210. The van der Waals surface area contributed by atoms with Crippen molar-refractivity contribution in [3.63, 3.8) is 0 Å². The maximum Gasteiger partial charge on any atom is 0.135 e. The number of hydrogen-bond donors (Lipinski definition) is 1. The summed E-state index contributed by atoms with van der Waals surface area (Å²) in [5, 5.41) is 11.4. The van der Waals surface area contributed by atoms with Crippen molar-refractivity contribution < 1.29 is 14.3 Å². The number of aliphatic hydroxyl groups excluding tert-OH is 1. The van der Waals surface area contributed by atoms with E-state index in [1.165, 1.54) is 0 Å². The van der Waals surface area contributed by atoms with E-state index in [9.17, 15) is 5.11 Å². The molecule has 3 rings (SSSR count). The molecule has 20 heavy (non-hydrogen) atoms. The van der Waals surface area contributed by atoms with Gasteiger partial charge in [0.15, 0.2) is 0 Å². The maximum absolute atomic E-state index is 10.4. The maximum atomic E-state index is 10.4. The summed E-state index contributed by atoms with van der Waals surface area (Å²) < 4.78 is 11.4. The molecular weight excluding hydrogens is 254 g/mol. The van der Waals surface area contributed by atoms with Gasteiger partial charge in [-0.3, -0.25) is 4.90 Å². The lowest BCUT2D eigenvalue weighted by atomic mass is 10.2. The summed E-state index contributed by atoms with van der Waals surface area (Å²) >= 11 is 0. The third-order valence-corrected chi connectivity index (χ3v) is 3.70. The van der Waals surface area contributed by atoms with Crippen molar-refractivity contribution in [3.8, 4) is 0 Å². The van der Waals surface area contributed by atoms with Crippen LogP contribution in [-0.4, -0.2) is 41.8 Å². The Morgan fingerprint density at radius 2 is 1.95 bits per heavy atom. The number of ether oxygens (including phenoxy) is 1. The van der Waals surface area contributed by atoms with Gasteiger partial charge in [-0.25, -0.2) is 0 Å². The molecule has 1 aromatic carbocycles. The van der Waals surface area contributed by atoms with Gasteiger partial charge in [0.1, 0.15) is 17.4 Å². The van der Waals surface area contributed by atoms with Crippen molar-refractivity contribution >= 4 is 11.0 Å². The summed E-state index contributed by atoms with van der Waals surface area (Å²) in [7, 11) is 0. The number of β-amino-alcohol motifs (C(OH)–C–C–N with tert-alkyl or cyclic N) is 1. The van der Waals surface area contributed by atoms with E-state index in [0.717, 1.165) is 24.1 Å². The van der Waals surface area contributed by atoms with Crippen LogP contribution >= 0.6 is 0 Å². The largest absolute Gasteiger partial charge is 0.458 e. The Labute approximate surface area is 118 Å². The van der Waals surface area contributed by atoms with E-state index in [2.05, 4.69) is 18.7 Å². The van der Waals surface area contributed by atoms with Crippen molar-refractivity contribution in [3.05, 3.63) is 36.1 Å². The minimum atomic E-state index is -0.597. The number of para-hydroxylation sites is 1. The lowest BCUT2D eigenvalue weighted by Gasteiger charge is -2.35. The third kappa shape index (κ3) is 2.87. The molecule has 1 saturated heterocycles. The van der Waals surface area contributed by atoms with Gasteiger partial charge in [-0.15, -0.1) is 0 Å². The normalized spacial score (nSPS) is 25.9. The highest BCUT2D eigenvalue weighted by atomic mass is 16.5. The van der Waals surface area contributed by atoms with Gasteiger partial charge in [0, 0.05) is 25.0 Å². The average Bonchev–Trinajstić information content (AvgIpc) is 2.81. The Balaban J connectivity index is 1.70. The van der Waals surface area contributed by atoms with Crippen LogP contribution in [0.2, 0.25) is 0 Å². The van der Waals surface area contributed by atoms with Crippen molar-refractivity contribution in [2.45, 2.75) is 32.2 Å². The topological polar surface area (TPSA) is 45.8 Å². The number of nitrogens with zero attached hydrogens (tertiary/aromatic N) is 1. The molecule has 2 heterocycles. The zero-order valence-corrected chi connectivity index (χ0v) is 12.0. The van der Waals surface area contributed by atoms with Crippen molar-refractivity contribution in [2.75, 3.05) is 19.6 Å². The van der Waals surface area contributed by atoms with E-state index in [4.69, 9.17) is 9.15 Å². The van der Waals surface area contributed by atoms with E-state index in [1.807, 2.05) is 30.3 Å². The van der Waals surface area contributed by atoms with Gasteiger partial charge in [0.05, 0.1) is 12.2 Å². The average molecular weight is 275 g/mol. The van der Waals surface area contributed by atoms with Crippen LogP contribution in [0.5, 0.6) is 0 Å². The third-order valence-electron chi connectivity index (χ3n) is 3.70. The zero-order valence-electron chi connectivity index (χ0n) is 12.0. The lowest BCUT2D eigenvalue weighted by Crippen LogP contribution is -2.46. The van der Waals surface area contributed by atoms with E-state index in [-0.39, 0.29) is 12.2 Å². The van der Waals surface area contributed by atoms with Gasteiger partial charge < -0.3 is 14.3 Å². The van der Waals surface area contributed by atoms with Crippen LogP contribution < -0.4 is 0 Å². The molecule has 1 unspecified atom stereocenters. The van der Waals surface area contributed by atoms with Gasteiger partial charge in [0.25, 0.3) is 0 Å². The van der Waals surface area contributed by atoms with Crippen LogP contribution in [0.4, 0.5) is 0 Å². The Hall–Kier alpha value is -1.36. The molecule has 4 nitrogen and oxygen atoms in total. The van der Waals surface area contributed by atoms with Gasteiger partial charge in [0.2, 0.25) is 0 Å². The highest BCUT2D eigenvalue weighted by molar-refractivity contribution is 5.77. The van der Waals surface area contributed by atoms with Crippen molar-refractivity contribution in [2.24, 2.45) is 0 Å². The summed E-state index contributed by atoms with van der Waals surface area (Å²) in [5.74, 6) is 0.637. The van der Waals surface area contributed by atoms with E-state index in [0.29, 0.717) is 12.3 Å². The highest BCUT2D eigenvalue weighted by Crippen LogP contribution is 2.25. The van der Waals surface area contributed by atoms with E-state index in [1.54, 1.807) is 0 Å². The van der Waals surface area contributed by atoms with Gasteiger partial charge >= 0.3 is 0 Å². The molecule has 4 heteroatoms. The van der Waals surface area contributed by atoms with Crippen LogP contribution in [0.25, 0.3) is 11.0 Å². The molecule has 0 radical (unpaired) electrons. The second-order valence-electron chi connectivity index (χ2n) is 5.68. The highest BCUT2D eigenvalue weighted by Gasteiger charge is 2.25. The van der Waals surface area contributed by atoms with Crippen LogP contribution in [0.15, 0.2) is 34.7 Å². The lowest BCUT2D eigenvalue weighted by molar-refractivity contribution is -0.0778. The quantitative estimate of drug-likeness (QED) is 0.935. The predicted octanol–water partition coefficient (Wildman–Crippen LogP) is 2.58. The van der Waals surface area contributed by atoms with Crippen LogP contribution in [-0.2, 0) is 4.74 Å². The molecule has 0 saturated carbocycles. The van der Waals surface area contributed by atoms with E-state index >= 15 is 0 Å². The fourth-order valence-electron chi connectivity index (χ4n) is 2.93. The minimum Gasteiger partial charge on any atom is -0.458 e. The number of furan rings is 1. The molecule has 1 fully saturated rings. The first-order chi connectivity index (χ1) is 9.61. The van der Waals surface area contributed by atoms with Crippen LogP contribution in [0.3, 0.4) is 0 Å². The number of hydrogen-bond acceptors (Lipinski definition) is 4. The first kappa shape index (κ1) is 13.6. The Bertz CT molecular complexity index is 537. The van der Waals surface area contributed by atoms with Crippen molar-refractivity contribution in [1.82, 2.24) is 4.90 Å². The summed E-state index contributed by atoms with van der Waals surface area (Å²) in [6.07, 6.45) is -0.178. The molecule has 2 aromatic rings. The fourth-order valence-corrected chi connectivity index (χ4v) is 2.93. The summed E-state index contributed by atoms with van der Waals surface area (Å²) in [5.41, 5.74) is 0.824. The van der Waals surface area contributed by atoms with Crippen LogP contribution in [0.1, 0.15) is 25.7 Å². The Morgan fingerprint density at radius 1 is 1.25 bits per heavy atom. The molecule has 0 aliphatic carbocycles. The van der Waals surface area contributed by atoms with Crippen LogP contribution in [0, 0.1) is 0 Å². The number of benzene rings is 1. The molecule has 1 aliphatic heterocycles. The van der Waals surface area contributed by atoms with Gasteiger partial charge in [-0.05, 0) is 26.0 Å². The summed E-state index contributed by atoms with van der Waals surface area (Å²) in [6.45, 7) is 6.41. The fraction of sp³-hybridized carbons (Fsp3) is 0.500. The number of rotatable bonds is 3. The molecule has 3 atom stereocenters. The second-order valence-corrected chi connectivity index (χ2v) is 5.68. The summed E-state index contributed by atoms with van der Waals surface area (Å²) in [6, 6.07) is 9.75. The molecule has 1 aromatic heterocycles. The number of aliphatic hydroxyl groups is 1. The van der Waals surface area contributed by atoms with Crippen molar-refractivity contribution in [1.29, 1.82) is 0 Å². The smallest absolute Gasteiger partial charge is 0.135 e. The van der Waals surface area contributed by atoms with Gasteiger partial charge in [-0.2, -0.15) is 0 Å². The molecule has 108 valence electrons. The molecule has 0 spiro atoms. The zero-order chi connectivity index (χ0) is 14.1. The standard InChI is InChI=1S/C16H21NO3/c1-11-8-17(9-12(2)19-11)10-14(18)16-7-13-5-3-4-6-15(13)20-16/h3-7,11-12,14,18H,8-10H2,1-2H3/t11-,12+,14?. The molecular formula is C16H21NO3. The first-order valence-corrected chi connectivity index (χ1v) is 7.16. The van der Waals surface area contributed by atoms with Gasteiger partial charge in [-0.1, -0.05) is 18.2 Å². The molecule has 1 N–H and O–H groups in total. The number of morpholine rings is 1. The summed E-state index contributed by atoms with van der Waals surface area (Å²) in [4.78, 5) is 2.23. The van der Waals surface area contributed by atoms with E-state index < -0.39 is 6.10 Å². The Morgan fingerprint density at radius 3 is 2.65 bits per heavy atom. The first-order valence-electron chi connectivity index (χ1n) is 7.16. The second kappa shape index (κ2) is 5.56. The SMILES string of the molecule is C[C@@H]1CN(CC(O)c2cc3ccccc3o2)C[C@H](C)O1. The molecule has 0 bridgehead atoms. The Kier molecular flexibility index (Phi) is 3.78. The monoisotopic (exact) mass is 275 g/mol. The number of fused-ring (bicyclic) bond motifs is 1. The molecule has 1 aliphatic rings. The molecule has 0 amide bonds.